The lowest BCUT2D eigenvalue weighted by molar-refractivity contribution is -0.144. The second-order valence-electron chi connectivity index (χ2n) is 10.9. The van der Waals surface area contributed by atoms with Crippen LogP contribution in [0, 0.1) is 0 Å². The zero-order chi connectivity index (χ0) is 27.1. The third-order valence-electron chi connectivity index (χ3n) is 7.19. The topological polar surface area (TPSA) is 63.6 Å². The lowest BCUT2D eigenvalue weighted by atomic mass is 10.0. The molecular formula is C33H62O4. The van der Waals surface area contributed by atoms with Crippen molar-refractivity contribution in [1.29, 1.82) is 0 Å². The average molecular weight is 523 g/mol. The molecule has 4 nitrogen and oxygen atoms in total. The molecule has 0 fully saturated rings. The first-order valence-electron chi connectivity index (χ1n) is 16.2. The summed E-state index contributed by atoms with van der Waals surface area (Å²) in [6.45, 7) is 2.85. The lowest BCUT2D eigenvalue weighted by Crippen LogP contribution is -2.05. The number of carbonyl (C=O) groups excluding carboxylic acids is 1. The smallest absolute Gasteiger partial charge is 0.305 e. The van der Waals surface area contributed by atoms with Gasteiger partial charge in [0.2, 0.25) is 0 Å². The molecule has 0 saturated heterocycles. The van der Waals surface area contributed by atoms with Crippen LogP contribution < -0.4 is 0 Å². The first-order chi connectivity index (χ1) is 18.2. The van der Waals surface area contributed by atoms with E-state index in [1.54, 1.807) is 0 Å². The molecule has 0 atom stereocenters. The van der Waals surface area contributed by atoms with Crippen molar-refractivity contribution < 1.29 is 19.4 Å². The van der Waals surface area contributed by atoms with Gasteiger partial charge in [0.25, 0.3) is 0 Å². The number of hydrogen-bond donors (Lipinski definition) is 1. The van der Waals surface area contributed by atoms with Gasteiger partial charge in [0.1, 0.15) is 0 Å². The van der Waals surface area contributed by atoms with E-state index in [-0.39, 0.29) is 5.97 Å². The predicted octanol–water partition coefficient (Wildman–Crippen LogP) is 10.7. The van der Waals surface area contributed by atoms with Crippen molar-refractivity contribution in [2.45, 2.75) is 180 Å². The van der Waals surface area contributed by atoms with Gasteiger partial charge in [-0.15, -0.1) is 0 Å². The molecule has 0 bridgehead atoms. The van der Waals surface area contributed by atoms with Crippen LogP contribution >= 0.6 is 0 Å². The second-order valence-corrected chi connectivity index (χ2v) is 10.9. The molecule has 0 heterocycles. The lowest BCUT2D eigenvalue weighted by Gasteiger charge is -2.05. The van der Waals surface area contributed by atoms with Gasteiger partial charge in [0, 0.05) is 12.8 Å². The van der Waals surface area contributed by atoms with Gasteiger partial charge in [0.15, 0.2) is 0 Å². The third kappa shape index (κ3) is 32.7. The van der Waals surface area contributed by atoms with Crippen molar-refractivity contribution in [3.63, 3.8) is 0 Å². The highest BCUT2D eigenvalue weighted by molar-refractivity contribution is 5.69. The van der Waals surface area contributed by atoms with E-state index in [1.165, 1.54) is 128 Å². The fraction of sp³-hybridized carbons (Fsp3) is 0.879. The van der Waals surface area contributed by atoms with Crippen molar-refractivity contribution in [2.24, 2.45) is 0 Å². The Morgan fingerprint density at radius 2 is 0.892 bits per heavy atom. The van der Waals surface area contributed by atoms with Crippen LogP contribution in [0.25, 0.3) is 0 Å². The van der Waals surface area contributed by atoms with E-state index in [2.05, 4.69) is 19.1 Å². The number of unbranched alkanes of at least 4 members (excludes halogenated alkanes) is 22. The molecule has 0 amide bonds. The summed E-state index contributed by atoms with van der Waals surface area (Å²) < 4.78 is 5.40. The van der Waals surface area contributed by atoms with Crippen molar-refractivity contribution in [2.75, 3.05) is 6.61 Å². The fourth-order valence-corrected chi connectivity index (χ4v) is 4.74. The van der Waals surface area contributed by atoms with Gasteiger partial charge in [0.05, 0.1) is 6.61 Å². The minimum absolute atomic E-state index is 0.00809. The zero-order valence-electron chi connectivity index (χ0n) is 24.6. The minimum atomic E-state index is -0.669. The monoisotopic (exact) mass is 522 g/mol. The molecule has 4 heteroatoms. The van der Waals surface area contributed by atoms with Gasteiger partial charge >= 0.3 is 11.9 Å². The summed E-state index contributed by atoms with van der Waals surface area (Å²) in [5, 5.41) is 8.61. The molecule has 0 aliphatic rings. The second kappa shape index (κ2) is 30.9. The molecule has 0 radical (unpaired) electrons. The molecule has 0 rings (SSSR count). The van der Waals surface area contributed by atoms with E-state index in [0.717, 1.165) is 32.1 Å². The van der Waals surface area contributed by atoms with Crippen LogP contribution in [0.4, 0.5) is 0 Å². The van der Waals surface area contributed by atoms with E-state index in [1.807, 2.05) is 0 Å². The highest BCUT2D eigenvalue weighted by Gasteiger charge is 2.02. The number of allylic oxidation sites excluding steroid dienone is 2. The van der Waals surface area contributed by atoms with Gasteiger partial charge in [-0.2, -0.15) is 0 Å². The Hall–Kier alpha value is -1.32. The molecule has 0 aromatic heterocycles. The molecule has 0 saturated carbocycles. The van der Waals surface area contributed by atoms with Crippen LogP contribution in [0.15, 0.2) is 12.2 Å². The average Bonchev–Trinajstić information content (AvgIpc) is 2.88. The maximum absolute atomic E-state index is 11.9. The highest BCUT2D eigenvalue weighted by Crippen LogP contribution is 2.14. The molecule has 0 spiro atoms. The molecule has 0 aliphatic heterocycles. The van der Waals surface area contributed by atoms with E-state index in [9.17, 15) is 9.59 Å². The van der Waals surface area contributed by atoms with E-state index in [4.69, 9.17) is 9.84 Å². The molecule has 0 aliphatic carbocycles. The normalized spacial score (nSPS) is 11.4. The number of carboxylic acid groups (broad SMARTS) is 1. The summed E-state index contributed by atoms with van der Waals surface area (Å²) in [5.41, 5.74) is 0. The van der Waals surface area contributed by atoms with E-state index < -0.39 is 5.97 Å². The summed E-state index contributed by atoms with van der Waals surface area (Å²) in [6, 6.07) is 0. The molecule has 0 aromatic carbocycles. The van der Waals surface area contributed by atoms with Gasteiger partial charge in [-0.3, -0.25) is 9.59 Å². The number of aliphatic carboxylic acids is 1. The number of esters is 1. The van der Waals surface area contributed by atoms with Crippen molar-refractivity contribution in [1.82, 2.24) is 0 Å². The van der Waals surface area contributed by atoms with Crippen molar-refractivity contribution >= 4 is 11.9 Å². The maximum atomic E-state index is 11.9. The van der Waals surface area contributed by atoms with Crippen LogP contribution in [-0.2, 0) is 14.3 Å². The van der Waals surface area contributed by atoms with E-state index >= 15 is 0 Å². The third-order valence-corrected chi connectivity index (χ3v) is 7.19. The number of carbonyl (C=O) groups is 2. The van der Waals surface area contributed by atoms with Gasteiger partial charge in [-0.25, -0.2) is 0 Å². The fourth-order valence-electron chi connectivity index (χ4n) is 4.74. The number of ether oxygens (including phenoxy) is 1. The molecule has 0 unspecified atom stereocenters. The van der Waals surface area contributed by atoms with Gasteiger partial charge in [-0.1, -0.05) is 135 Å². The van der Waals surface area contributed by atoms with Crippen LogP contribution in [0.1, 0.15) is 180 Å². The Bertz CT molecular complexity index is 514. The number of carboxylic acids is 1. The zero-order valence-corrected chi connectivity index (χ0v) is 24.6. The molecule has 0 aromatic rings. The molecule has 218 valence electrons. The molecular weight excluding hydrogens is 460 g/mol. The van der Waals surface area contributed by atoms with Crippen molar-refractivity contribution in [3.8, 4) is 0 Å². The Morgan fingerprint density at radius 1 is 0.514 bits per heavy atom. The first-order valence-corrected chi connectivity index (χ1v) is 16.2. The summed E-state index contributed by atoms with van der Waals surface area (Å²) >= 11 is 0. The van der Waals surface area contributed by atoms with Crippen molar-refractivity contribution in [3.05, 3.63) is 12.2 Å². The standard InChI is InChI=1S/C33H62O4/c1-2-3-4-5-6-7-8-11-15-18-21-24-27-30-33(36)37-31-28-25-22-19-16-13-10-9-12-14-17-20-23-26-29-32(34)35/h7-8H,2-6,9-31H2,1H3,(H,34,35)/b8-7-. The summed E-state index contributed by atoms with van der Waals surface area (Å²) in [5.74, 6) is -0.677. The Balaban J connectivity index is 3.19. The van der Waals surface area contributed by atoms with Crippen LogP contribution in [0.5, 0.6) is 0 Å². The first kappa shape index (κ1) is 35.7. The maximum Gasteiger partial charge on any atom is 0.305 e. The van der Waals surface area contributed by atoms with Gasteiger partial charge in [-0.05, 0) is 44.9 Å². The largest absolute Gasteiger partial charge is 0.481 e. The summed E-state index contributed by atoms with van der Waals surface area (Å²) in [7, 11) is 0. The minimum Gasteiger partial charge on any atom is -0.481 e. The summed E-state index contributed by atoms with van der Waals surface area (Å²) in [6.07, 6.45) is 36.3. The van der Waals surface area contributed by atoms with Gasteiger partial charge < -0.3 is 9.84 Å². The quantitative estimate of drug-likeness (QED) is 0.0578. The van der Waals surface area contributed by atoms with Crippen LogP contribution in [0.3, 0.4) is 0 Å². The highest BCUT2D eigenvalue weighted by atomic mass is 16.5. The van der Waals surface area contributed by atoms with E-state index in [0.29, 0.717) is 19.4 Å². The molecule has 37 heavy (non-hydrogen) atoms. The number of rotatable bonds is 30. The molecule has 1 N–H and O–H groups in total. The number of hydrogen-bond acceptors (Lipinski definition) is 3. The Labute approximate surface area is 230 Å². The van der Waals surface area contributed by atoms with Crippen LogP contribution in [-0.4, -0.2) is 23.7 Å². The predicted molar refractivity (Wildman–Crippen MR) is 158 cm³/mol. The summed E-state index contributed by atoms with van der Waals surface area (Å²) in [4.78, 5) is 22.3. The SMILES string of the molecule is CCCCCC/C=C\CCCCCCCC(=O)OCCCCCCCCCCCCCCCCC(=O)O. The Morgan fingerprint density at radius 3 is 1.35 bits per heavy atom. The Kier molecular flexibility index (Phi) is 29.8. The van der Waals surface area contributed by atoms with Crippen LogP contribution in [0.2, 0.25) is 0 Å².